The van der Waals surface area contributed by atoms with Gasteiger partial charge in [0.2, 0.25) is 0 Å². The Morgan fingerprint density at radius 3 is 2.31 bits per heavy atom. The highest BCUT2D eigenvalue weighted by atomic mass is 32.1. The van der Waals surface area contributed by atoms with Crippen molar-refractivity contribution < 1.29 is 24.2 Å². The maximum absolute atomic E-state index is 12.5. The number of amides is 2. The molecule has 182 valence electrons. The van der Waals surface area contributed by atoms with Crippen LogP contribution in [0.1, 0.15) is 57.2 Å². The number of aliphatic carboxylic acids is 1. The number of carboxylic acid groups (broad SMARTS) is 1. The van der Waals surface area contributed by atoms with Gasteiger partial charge in [0.15, 0.2) is 0 Å². The summed E-state index contributed by atoms with van der Waals surface area (Å²) in [6, 6.07) is 15.3. The van der Waals surface area contributed by atoms with Gasteiger partial charge in [-0.15, -0.1) is 11.3 Å². The summed E-state index contributed by atoms with van der Waals surface area (Å²) in [5.74, 6) is -1.58. The molecule has 0 radical (unpaired) electrons. The lowest BCUT2D eigenvalue weighted by Crippen LogP contribution is -2.40. The zero-order valence-corrected chi connectivity index (χ0v) is 20.4. The highest BCUT2D eigenvalue weighted by Crippen LogP contribution is 2.44. The van der Waals surface area contributed by atoms with Crippen LogP contribution in [0.2, 0.25) is 0 Å². The number of nitrogens with one attached hydrogen (secondary N) is 2. The van der Waals surface area contributed by atoms with E-state index >= 15 is 0 Å². The fourth-order valence-electron chi connectivity index (χ4n) is 4.31. The number of ether oxygens (including phenoxy) is 1. The zero-order valence-electron chi connectivity index (χ0n) is 19.5. The minimum atomic E-state index is -1.07. The van der Waals surface area contributed by atoms with Crippen LogP contribution >= 0.6 is 11.3 Å². The molecule has 1 aliphatic carbocycles. The minimum absolute atomic E-state index is 0.0316. The smallest absolute Gasteiger partial charge is 0.407 e. The van der Waals surface area contributed by atoms with Crippen LogP contribution in [0.15, 0.2) is 48.5 Å². The standard InChI is InChI=1S/C26H27N3O5S/c1-3-8-21(25(31)32)29-24(30)23-15(2)28-22(35-23)13-27-26(33)34-14-20-18-11-6-4-9-16(18)17-10-5-7-12-19(17)20/h4-7,9-12,20-21H,3,8,13-14H2,1-2H3,(H,27,33)(H,29,30)(H,31,32). The third-order valence-corrected chi connectivity index (χ3v) is 7.11. The zero-order chi connectivity index (χ0) is 24.9. The second-order valence-electron chi connectivity index (χ2n) is 8.35. The van der Waals surface area contributed by atoms with Gasteiger partial charge in [0.1, 0.15) is 22.5 Å². The number of carbonyl (C=O) groups is 3. The molecule has 0 bridgehead atoms. The van der Waals surface area contributed by atoms with Crippen LogP contribution in [0.5, 0.6) is 0 Å². The Labute approximate surface area is 207 Å². The van der Waals surface area contributed by atoms with Crippen LogP contribution < -0.4 is 10.6 Å². The van der Waals surface area contributed by atoms with Crippen molar-refractivity contribution in [3.05, 3.63) is 75.2 Å². The second-order valence-corrected chi connectivity index (χ2v) is 9.44. The number of carbonyl (C=O) groups excluding carboxylic acids is 2. The largest absolute Gasteiger partial charge is 0.480 e. The summed E-state index contributed by atoms with van der Waals surface area (Å²) in [7, 11) is 0. The Bertz CT molecular complexity index is 1210. The summed E-state index contributed by atoms with van der Waals surface area (Å²) >= 11 is 1.12. The topological polar surface area (TPSA) is 118 Å². The quantitative estimate of drug-likeness (QED) is 0.405. The SMILES string of the molecule is CCCC(NC(=O)c1sc(CNC(=O)OCC2c3ccccc3-c3ccccc32)nc1C)C(=O)O. The van der Waals surface area contributed by atoms with Crippen LogP contribution in [0.3, 0.4) is 0 Å². The van der Waals surface area contributed by atoms with Crippen LogP contribution in [0.25, 0.3) is 11.1 Å². The van der Waals surface area contributed by atoms with Gasteiger partial charge in [-0.3, -0.25) is 4.79 Å². The summed E-state index contributed by atoms with van der Waals surface area (Å²) in [6.45, 7) is 3.84. The second kappa shape index (κ2) is 10.7. The molecule has 0 saturated carbocycles. The predicted molar refractivity (Wildman–Crippen MR) is 133 cm³/mol. The van der Waals surface area contributed by atoms with E-state index in [9.17, 15) is 19.5 Å². The summed E-state index contributed by atoms with van der Waals surface area (Å²) in [5.41, 5.74) is 5.07. The normalized spacial score (nSPS) is 13.0. The summed E-state index contributed by atoms with van der Waals surface area (Å²) in [6.07, 6.45) is 0.406. The number of alkyl carbamates (subject to hydrolysis) is 1. The van der Waals surface area contributed by atoms with Gasteiger partial charge < -0.3 is 20.5 Å². The molecule has 3 N–H and O–H groups in total. The molecule has 3 aromatic rings. The van der Waals surface area contributed by atoms with Gasteiger partial charge in [0.05, 0.1) is 12.2 Å². The predicted octanol–water partition coefficient (Wildman–Crippen LogP) is 4.47. The molecule has 9 heteroatoms. The van der Waals surface area contributed by atoms with Crippen molar-refractivity contribution in [1.82, 2.24) is 15.6 Å². The Morgan fingerprint density at radius 2 is 1.71 bits per heavy atom. The monoisotopic (exact) mass is 493 g/mol. The van der Waals surface area contributed by atoms with E-state index in [0.717, 1.165) is 33.6 Å². The number of thiazole rings is 1. The molecule has 35 heavy (non-hydrogen) atoms. The van der Waals surface area contributed by atoms with Crippen molar-refractivity contribution in [1.29, 1.82) is 0 Å². The molecule has 1 atom stereocenters. The molecular weight excluding hydrogens is 466 g/mol. The lowest BCUT2D eigenvalue weighted by Gasteiger charge is -2.14. The van der Waals surface area contributed by atoms with E-state index in [1.54, 1.807) is 6.92 Å². The van der Waals surface area contributed by atoms with Gasteiger partial charge in [-0.1, -0.05) is 61.9 Å². The Hall–Kier alpha value is -3.72. The van der Waals surface area contributed by atoms with Crippen LogP contribution in [-0.2, 0) is 16.1 Å². The number of aromatic nitrogens is 1. The molecule has 2 aromatic carbocycles. The van der Waals surface area contributed by atoms with E-state index in [1.807, 2.05) is 31.2 Å². The number of carboxylic acids is 1. The number of hydrogen-bond donors (Lipinski definition) is 3. The number of rotatable bonds is 9. The van der Waals surface area contributed by atoms with E-state index < -0.39 is 24.0 Å². The van der Waals surface area contributed by atoms with Crippen molar-refractivity contribution in [3.63, 3.8) is 0 Å². The van der Waals surface area contributed by atoms with Crippen molar-refractivity contribution in [3.8, 4) is 11.1 Å². The number of nitrogens with zero attached hydrogens (tertiary/aromatic N) is 1. The number of aryl methyl sites for hydroxylation is 1. The fourth-order valence-corrected chi connectivity index (χ4v) is 5.21. The maximum atomic E-state index is 12.5. The van der Waals surface area contributed by atoms with Gasteiger partial charge in [-0.05, 0) is 35.6 Å². The molecule has 0 saturated heterocycles. The average Bonchev–Trinajstić information content (AvgIpc) is 3.38. The summed E-state index contributed by atoms with van der Waals surface area (Å²) in [4.78, 5) is 41.0. The third kappa shape index (κ3) is 5.35. The molecule has 1 unspecified atom stereocenters. The first-order chi connectivity index (χ1) is 16.9. The van der Waals surface area contributed by atoms with Crippen LogP contribution in [-0.4, -0.2) is 40.7 Å². The van der Waals surface area contributed by atoms with E-state index in [1.165, 1.54) is 0 Å². The molecule has 8 nitrogen and oxygen atoms in total. The Kier molecular flexibility index (Phi) is 7.45. The maximum Gasteiger partial charge on any atom is 0.407 e. The fraction of sp³-hybridized carbons (Fsp3) is 0.308. The van der Waals surface area contributed by atoms with E-state index in [0.29, 0.717) is 28.4 Å². The van der Waals surface area contributed by atoms with Crippen molar-refractivity contribution in [2.45, 2.75) is 45.2 Å². The number of benzene rings is 2. The van der Waals surface area contributed by atoms with E-state index in [2.05, 4.69) is 39.9 Å². The van der Waals surface area contributed by atoms with Crippen LogP contribution in [0, 0.1) is 6.92 Å². The van der Waals surface area contributed by atoms with Gasteiger partial charge in [0, 0.05) is 5.92 Å². The van der Waals surface area contributed by atoms with Crippen molar-refractivity contribution in [2.75, 3.05) is 6.61 Å². The summed E-state index contributed by atoms with van der Waals surface area (Å²) < 4.78 is 5.53. The lowest BCUT2D eigenvalue weighted by atomic mass is 9.98. The first-order valence-corrected chi connectivity index (χ1v) is 12.3. The van der Waals surface area contributed by atoms with Crippen LogP contribution in [0.4, 0.5) is 4.79 Å². The molecule has 1 heterocycles. The molecule has 0 spiro atoms. The van der Waals surface area contributed by atoms with Gasteiger partial charge in [-0.2, -0.15) is 0 Å². The molecule has 1 aliphatic rings. The molecular formula is C26H27N3O5S. The van der Waals surface area contributed by atoms with E-state index in [-0.39, 0.29) is 19.1 Å². The van der Waals surface area contributed by atoms with Gasteiger partial charge >= 0.3 is 12.1 Å². The summed E-state index contributed by atoms with van der Waals surface area (Å²) in [5, 5.41) is 15.0. The minimum Gasteiger partial charge on any atom is -0.480 e. The molecule has 0 fully saturated rings. The van der Waals surface area contributed by atoms with Gasteiger partial charge in [0.25, 0.3) is 5.91 Å². The number of hydrogen-bond acceptors (Lipinski definition) is 6. The van der Waals surface area contributed by atoms with Gasteiger partial charge in [-0.25, -0.2) is 14.6 Å². The average molecular weight is 494 g/mol. The molecule has 1 aromatic heterocycles. The Morgan fingerprint density at radius 1 is 1.09 bits per heavy atom. The Balaban J connectivity index is 1.34. The van der Waals surface area contributed by atoms with E-state index in [4.69, 9.17) is 4.74 Å². The highest BCUT2D eigenvalue weighted by Gasteiger charge is 2.29. The van der Waals surface area contributed by atoms with Crippen molar-refractivity contribution in [2.24, 2.45) is 0 Å². The molecule has 0 aliphatic heterocycles. The molecule has 4 rings (SSSR count). The lowest BCUT2D eigenvalue weighted by molar-refractivity contribution is -0.139. The number of fused-ring (bicyclic) bond motifs is 3. The first kappa shape index (κ1) is 24.4. The van der Waals surface area contributed by atoms with Crippen molar-refractivity contribution >= 4 is 29.3 Å². The highest BCUT2D eigenvalue weighted by molar-refractivity contribution is 7.13. The molecule has 2 amide bonds. The first-order valence-electron chi connectivity index (χ1n) is 11.5. The third-order valence-electron chi connectivity index (χ3n) is 5.96.